The molecule has 1 atom stereocenters. The molecule has 0 radical (unpaired) electrons. The predicted octanol–water partition coefficient (Wildman–Crippen LogP) is 11.2. The first-order valence-corrected chi connectivity index (χ1v) is 18.8. The molecule has 0 saturated carbocycles. The highest BCUT2D eigenvalue weighted by molar-refractivity contribution is 6.12. The first-order valence-electron chi connectivity index (χ1n) is 18.8. The van der Waals surface area contributed by atoms with Crippen LogP contribution in [0.25, 0.3) is 55.7 Å². The number of hydrogen-bond acceptors (Lipinski definition) is 2. The lowest BCUT2D eigenvalue weighted by Crippen LogP contribution is -2.12. The van der Waals surface area contributed by atoms with E-state index in [0.717, 1.165) is 29.8 Å². The van der Waals surface area contributed by atoms with Crippen LogP contribution >= 0.6 is 0 Å². The maximum Gasteiger partial charge on any atom is 0.125 e. The Hall–Kier alpha value is -6.98. The van der Waals surface area contributed by atoms with E-state index in [0.29, 0.717) is 11.8 Å². The molecule has 9 aromatic rings. The second-order valence-electron chi connectivity index (χ2n) is 14.0. The molecule has 0 spiro atoms. The monoisotopic (exact) mass is 711 g/mol. The number of nitrogens with zero attached hydrogens (tertiary/aromatic N) is 4. The zero-order chi connectivity index (χ0) is 37.1. The number of aliphatic imine (C=N–C) groups is 1. The van der Waals surface area contributed by atoms with Gasteiger partial charge in [0.1, 0.15) is 5.84 Å². The van der Waals surface area contributed by atoms with Crippen molar-refractivity contribution < 1.29 is 0 Å². The number of fused-ring (bicyclic) bond motifs is 6. The number of para-hydroxylation sites is 2. The third-order valence-electron chi connectivity index (χ3n) is 10.7. The first kappa shape index (κ1) is 33.8. The van der Waals surface area contributed by atoms with Crippen LogP contribution in [-0.2, 0) is 13.0 Å². The molecule has 10 rings (SSSR count). The minimum Gasteiger partial charge on any atom is -0.384 e. The fraction of sp³-hybridized carbons (Fsp3) is 0.0800. The summed E-state index contributed by atoms with van der Waals surface area (Å²) in [6.45, 7) is 0.789. The summed E-state index contributed by atoms with van der Waals surface area (Å²) in [5.74, 6) is 0.875. The van der Waals surface area contributed by atoms with Gasteiger partial charge in [-0.05, 0) is 65.6 Å². The lowest BCUT2D eigenvalue weighted by atomic mass is 9.86. The van der Waals surface area contributed by atoms with Gasteiger partial charge in [0.2, 0.25) is 0 Å². The molecule has 0 fully saturated rings. The van der Waals surface area contributed by atoms with Gasteiger partial charge in [0.25, 0.3) is 0 Å². The Balaban J connectivity index is 0.000000348. The highest BCUT2D eigenvalue weighted by atomic mass is 15.0. The normalized spacial score (nSPS) is 13.8. The summed E-state index contributed by atoms with van der Waals surface area (Å²) in [6, 6.07) is 59.9. The minimum absolute atomic E-state index is 0.292. The Morgan fingerprint density at radius 3 is 2.11 bits per heavy atom. The van der Waals surface area contributed by atoms with Crippen molar-refractivity contribution in [3.8, 4) is 16.9 Å². The summed E-state index contributed by atoms with van der Waals surface area (Å²) >= 11 is 0. The molecular formula is C50H41N5. The fourth-order valence-electron chi connectivity index (χ4n) is 8.07. The molecule has 1 unspecified atom stereocenters. The topological polar surface area (TPSA) is 61.1 Å². The van der Waals surface area contributed by atoms with Crippen LogP contribution in [0.5, 0.6) is 0 Å². The summed E-state index contributed by atoms with van der Waals surface area (Å²) in [5.41, 5.74) is 18.9. The molecule has 0 amide bonds. The second kappa shape index (κ2) is 14.8. The van der Waals surface area contributed by atoms with Gasteiger partial charge in [0.05, 0.1) is 16.7 Å². The van der Waals surface area contributed by atoms with Crippen molar-refractivity contribution in [3.05, 3.63) is 210 Å². The van der Waals surface area contributed by atoms with E-state index in [4.69, 9.17) is 10.7 Å². The Bertz CT molecular complexity index is 2810. The van der Waals surface area contributed by atoms with Gasteiger partial charge in [-0.3, -0.25) is 9.98 Å². The van der Waals surface area contributed by atoms with Crippen molar-refractivity contribution in [2.24, 2.45) is 10.7 Å². The molecule has 2 N–H and O–H groups in total. The third-order valence-corrected chi connectivity index (χ3v) is 10.7. The number of amidine groups is 1. The van der Waals surface area contributed by atoms with Crippen LogP contribution in [0.4, 0.5) is 0 Å². The van der Waals surface area contributed by atoms with Gasteiger partial charge in [-0.1, -0.05) is 140 Å². The number of pyridine rings is 1. The summed E-state index contributed by atoms with van der Waals surface area (Å²) in [4.78, 5) is 8.79. The molecule has 0 saturated heterocycles. The fourth-order valence-corrected chi connectivity index (χ4v) is 8.07. The van der Waals surface area contributed by atoms with Gasteiger partial charge in [0, 0.05) is 69.9 Å². The highest BCUT2D eigenvalue weighted by Gasteiger charge is 2.25. The van der Waals surface area contributed by atoms with Crippen molar-refractivity contribution in [1.82, 2.24) is 14.1 Å². The van der Waals surface area contributed by atoms with E-state index in [1.54, 1.807) is 7.05 Å². The molecule has 5 nitrogen and oxygen atoms in total. The van der Waals surface area contributed by atoms with Crippen LogP contribution in [0.15, 0.2) is 187 Å². The number of benzene rings is 6. The van der Waals surface area contributed by atoms with Crippen molar-refractivity contribution in [2.75, 3.05) is 7.05 Å². The van der Waals surface area contributed by atoms with Crippen LogP contribution in [0.3, 0.4) is 0 Å². The third kappa shape index (κ3) is 6.40. The molecule has 0 bridgehead atoms. The average Bonchev–Trinajstić information content (AvgIpc) is 3.76. The zero-order valence-corrected chi connectivity index (χ0v) is 30.8. The van der Waals surface area contributed by atoms with E-state index in [9.17, 15) is 0 Å². The number of allylic oxidation sites excluding steroid dienone is 1. The van der Waals surface area contributed by atoms with Crippen LogP contribution in [-0.4, -0.2) is 27.0 Å². The van der Waals surface area contributed by atoms with Crippen molar-refractivity contribution in [2.45, 2.75) is 18.9 Å². The predicted molar refractivity (Wildman–Crippen MR) is 230 cm³/mol. The largest absolute Gasteiger partial charge is 0.384 e. The quantitative estimate of drug-likeness (QED) is 0.138. The maximum atomic E-state index is 5.54. The number of aromatic nitrogens is 3. The molecule has 3 aromatic heterocycles. The van der Waals surface area contributed by atoms with E-state index in [-0.39, 0.29) is 0 Å². The molecule has 55 heavy (non-hydrogen) atoms. The Labute approximate surface area is 321 Å². The summed E-state index contributed by atoms with van der Waals surface area (Å²) in [5, 5.41) is 3.87. The van der Waals surface area contributed by atoms with Crippen molar-refractivity contribution in [3.63, 3.8) is 0 Å². The SMILES string of the molecule is C1=CC(c2ccc3c(c2)c2ccnc(-c4ccccc4)c2n3Cc2ccccc2)Cc2c1n(-c1ccccc1)c1ccccc21.CN=C(N)c1ccccc1. The van der Waals surface area contributed by atoms with E-state index >= 15 is 0 Å². The van der Waals surface area contributed by atoms with E-state index in [1.807, 2.05) is 36.5 Å². The number of rotatable bonds is 6. The smallest absolute Gasteiger partial charge is 0.125 e. The van der Waals surface area contributed by atoms with Gasteiger partial charge < -0.3 is 14.9 Å². The van der Waals surface area contributed by atoms with Crippen LogP contribution < -0.4 is 5.73 Å². The van der Waals surface area contributed by atoms with Gasteiger partial charge in [-0.15, -0.1) is 0 Å². The van der Waals surface area contributed by atoms with E-state index in [2.05, 4.69) is 166 Å². The highest BCUT2D eigenvalue weighted by Crippen LogP contribution is 2.41. The van der Waals surface area contributed by atoms with E-state index < -0.39 is 0 Å². The summed E-state index contributed by atoms with van der Waals surface area (Å²) < 4.78 is 4.87. The lowest BCUT2D eigenvalue weighted by molar-refractivity contribution is 0.825. The summed E-state index contributed by atoms with van der Waals surface area (Å²) in [7, 11) is 1.68. The molecule has 1 aliphatic rings. The van der Waals surface area contributed by atoms with Crippen LogP contribution in [0.2, 0.25) is 0 Å². The molecule has 5 heteroatoms. The number of hydrogen-bond donors (Lipinski definition) is 1. The molecule has 266 valence electrons. The van der Waals surface area contributed by atoms with Crippen LogP contribution in [0, 0.1) is 0 Å². The van der Waals surface area contributed by atoms with Crippen molar-refractivity contribution in [1.29, 1.82) is 0 Å². The van der Waals surface area contributed by atoms with E-state index in [1.165, 1.54) is 60.8 Å². The Morgan fingerprint density at radius 2 is 1.36 bits per heavy atom. The van der Waals surface area contributed by atoms with Gasteiger partial charge in [-0.2, -0.15) is 0 Å². The second-order valence-corrected chi connectivity index (χ2v) is 14.0. The summed E-state index contributed by atoms with van der Waals surface area (Å²) in [6.07, 6.45) is 7.69. The average molecular weight is 712 g/mol. The molecule has 3 heterocycles. The molecule has 1 aliphatic carbocycles. The molecule has 6 aromatic carbocycles. The zero-order valence-electron chi connectivity index (χ0n) is 30.8. The lowest BCUT2D eigenvalue weighted by Gasteiger charge is -2.20. The standard InChI is InChI=1S/C42H31N3.C8H10N2/c1-4-12-29(13-5-1)28-44-38-22-20-31(27-37(38)35-24-25-43-41(42(35)44)30-14-6-2-7-15-30)32-21-23-40-36(26-32)34-18-10-11-19-39(34)45(40)33-16-8-3-9-17-33;1-10-8(9)7-5-3-2-4-6-7/h1-25,27,32H,26,28H2;2-6H,1H3,(H2,9,10). The molecular weight excluding hydrogens is 671 g/mol. The maximum absolute atomic E-state index is 5.54. The minimum atomic E-state index is 0.292. The van der Waals surface area contributed by atoms with Gasteiger partial charge in [0.15, 0.2) is 0 Å². The Kier molecular flexibility index (Phi) is 9.10. The number of nitrogens with two attached hydrogens (primary N) is 1. The Morgan fingerprint density at radius 1 is 0.691 bits per heavy atom. The first-order chi connectivity index (χ1) is 27.2. The van der Waals surface area contributed by atoms with Crippen molar-refractivity contribution >= 4 is 44.6 Å². The van der Waals surface area contributed by atoms with Gasteiger partial charge in [-0.25, -0.2) is 0 Å². The van der Waals surface area contributed by atoms with Gasteiger partial charge >= 0.3 is 0 Å². The molecule has 0 aliphatic heterocycles. The van der Waals surface area contributed by atoms with Crippen LogP contribution in [0.1, 0.15) is 33.9 Å².